The number of hydrogen-bond donors (Lipinski definition) is 0. The first-order valence-electron chi connectivity index (χ1n) is 14.4. The van der Waals surface area contributed by atoms with Crippen LogP contribution >= 0.6 is 23.2 Å². The molecule has 4 aliphatic rings. The van der Waals surface area contributed by atoms with Crippen molar-refractivity contribution in [3.8, 4) is 11.9 Å². The third kappa shape index (κ3) is 5.12. The van der Waals surface area contributed by atoms with Crippen molar-refractivity contribution < 1.29 is 23.4 Å². The molecule has 3 fully saturated rings. The minimum Gasteiger partial charge on any atom is -0.472 e. The van der Waals surface area contributed by atoms with Gasteiger partial charge < -0.3 is 24.0 Å². The van der Waals surface area contributed by atoms with Crippen LogP contribution in [0.3, 0.4) is 0 Å². The highest BCUT2D eigenvalue weighted by Gasteiger charge is 2.50. The zero-order valence-corrected chi connectivity index (χ0v) is 25.6. The number of piperazine rings is 1. The highest BCUT2D eigenvalue weighted by molar-refractivity contribution is 6.44. The van der Waals surface area contributed by atoms with Crippen molar-refractivity contribution in [3.63, 3.8) is 0 Å². The van der Waals surface area contributed by atoms with Crippen molar-refractivity contribution in [2.75, 3.05) is 37.7 Å². The Kier molecular flexibility index (Phi) is 7.30. The van der Waals surface area contributed by atoms with Crippen molar-refractivity contribution in [1.29, 1.82) is 0 Å². The van der Waals surface area contributed by atoms with Crippen LogP contribution in [0.4, 0.5) is 15.0 Å². The monoisotopic (exact) mass is 610 g/mol. The fraction of sp³-hybridized carbons (Fsp3) is 0.714. The number of carbonyl (C=O) groups excluding carboxylic acids is 1. The summed E-state index contributed by atoms with van der Waals surface area (Å²) in [5.74, 6) is 0.851. The van der Waals surface area contributed by atoms with Crippen LogP contribution in [-0.2, 0) is 4.74 Å². The largest absolute Gasteiger partial charge is 0.472 e. The summed E-state index contributed by atoms with van der Waals surface area (Å²) >= 11 is 13.1. The molecule has 224 valence electrons. The quantitative estimate of drug-likeness (QED) is 0.429. The van der Waals surface area contributed by atoms with E-state index in [4.69, 9.17) is 42.4 Å². The Labute approximate surface area is 249 Å². The van der Waals surface area contributed by atoms with Gasteiger partial charge in [-0.3, -0.25) is 4.90 Å². The number of pyridine rings is 1. The van der Waals surface area contributed by atoms with Crippen LogP contribution in [0.1, 0.15) is 60.3 Å². The molecule has 2 aromatic rings. The molecule has 0 saturated carbocycles. The summed E-state index contributed by atoms with van der Waals surface area (Å²) in [7, 11) is 0. The van der Waals surface area contributed by atoms with Gasteiger partial charge in [0.2, 0.25) is 5.88 Å². The topological polar surface area (TPSA) is 93.1 Å². The lowest BCUT2D eigenvalue weighted by atomic mass is 9.95. The number of fused-ring (bicyclic) bond motifs is 3. The second-order valence-corrected chi connectivity index (χ2v) is 13.4. The molecule has 0 unspecified atom stereocenters. The molecular formula is C28H37Cl2FN6O4. The molecule has 10 nitrogen and oxygen atoms in total. The third-order valence-corrected chi connectivity index (χ3v) is 9.47. The zero-order chi connectivity index (χ0) is 29.3. The predicted molar refractivity (Wildman–Crippen MR) is 154 cm³/mol. The second-order valence-electron chi connectivity index (χ2n) is 12.7. The Morgan fingerprint density at radius 2 is 1.98 bits per heavy atom. The molecule has 1 amide bonds. The molecule has 0 radical (unpaired) electrons. The van der Waals surface area contributed by atoms with Gasteiger partial charge in [-0.15, -0.1) is 0 Å². The molecule has 4 aliphatic heterocycles. The number of halogens is 3. The van der Waals surface area contributed by atoms with Gasteiger partial charge in [-0.2, -0.15) is 15.0 Å². The highest BCUT2D eigenvalue weighted by Crippen LogP contribution is 2.45. The van der Waals surface area contributed by atoms with Gasteiger partial charge in [0.25, 0.3) is 0 Å². The van der Waals surface area contributed by atoms with E-state index in [0.29, 0.717) is 49.2 Å². The molecule has 3 saturated heterocycles. The summed E-state index contributed by atoms with van der Waals surface area (Å²) in [5.41, 5.74) is -0.594. The van der Waals surface area contributed by atoms with Gasteiger partial charge in [0, 0.05) is 26.1 Å². The minimum absolute atomic E-state index is 0.0651. The number of carbonyl (C=O) groups is 1. The smallest absolute Gasteiger partial charge is 0.410 e. The van der Waals surface area contributed by atoms with Crippen LogP contribution in [0.25, 0.3) is 10.9 Å². The van der Waals surface area contributed by atoms with Crippen molar-refractivity contribution in [2.45, 2.75) is 95.8 Å². The van der Waals surface area contributed by atoms with E-state index < -0.39 is 11.8 Å². The minimum atomic E-state index is -0.866. The molecule has 41 heavy (non-hydrogen) atoms. The summed E-state index contributed by atoms with van der Waals surface area (Å²) in [6.07, 6.45) is 1.42. The lowest BCUT2D eigenvalue weighted by Gasteiger charge is -2.47. The molecule has 6 rings (SSSR count). The van der Waals surface area contributed by atoms with E-state index in [-0.39, 0.29) is 58.5 Å². The normalized spacial score (nSPS) is 29.7. The maximum Gasteiger partial charge on any atom is 0.410 e. The molecule has 0 aromatic carbocycles. The predicted octanol–water partition coefficient (Wildman–Crippen LogP) is 5.27. The van der Waals surface area contributed by atoms with Gasteiger partial charge in [-0.25, -0.2) is 9.18 Å². The number of ether oxygens (including phenoxy) is 3. The first-order valence-corrected chi connectivity index (χ1v) is 15.2. The first-order chi connectivity index (χ1) is 19.4. The van der Waals surface area contributed by atoms with Crippen LogP contribution < -0.4 is 14.4 Å². The van der Waals surface area contributed by atoms with Gasteiger partial charge in [-0.1, -0.05) is 30.1 Å². The SMILES string of the molecule is CC[C@@H]1CN2c3nc(OC[C@@]45CCCN4C[C@H](F)C5)nc4c(Cl)c(Cl)nc(c34)O[C@@H](C)[C@@H]2CN1C(=O)OC(C)(C)C. The van der Waals surface area contributed by atoms with E-state index in [2.05, 4.69) is 19.8 Å². The third-order valence-electron chi connectivity index (χ3n) is 8.75. The molecule has 0 aliphatic carbocycles. The van der Waals surface area contributed by atoms with Gasteiger partial charge >= 0.3 is 12.1 Å². The Morgan fingerprint density at radius 1 is 1.20 bits per heavy atom. The number of rotatable bonds is 4. The number of amides is 1. The van der Waals surface area contributed by atoms with Gasteiger partial charge in [0.15, 0.2) is 5.15 Å². The number of anilines is 1. The van der Waals surface area contributed by atoms with E-state index in [1.54, 1.807) is 4.90 Å². The summed E-state index contributed by atoms with van der Waals surface area (Å²) in [5, 5.41) is 0.792. The van der Waals surface area contributed by atoms with Gasteiger partial charge in [0.05, 0.1) is 17.6 Å². The molecule has 0 N–H and O–H groups in total. The Morgan fingerprint density at radius 3 is 2.71 bits per heavy atom. The summed E-state index contributed by atoms with van der Waals surface area (Å²) in [4.78, 5) is 33.4. The van der Waals surface area contributed by atoms with Crippen LogP contribution in [0.15, 0.2) is 0 Å². The molecule has 6 heterocycles. The van der Waals surface area contributed by atoms with Crippen molar-refractivity contribution >= 4 is 46.0 Å². The van der Waals surface area contributed by atoms with Crippen molar-refractivity contribution in [2.24, 2.45) is 0 Å². The fourth-order valence-electron chi connectivity index (χ4n) is 6.79. The summed E-state index contributed by atoms with van der Waals surface area (Å²) < 4.78 is 32.7. The number of aromatic nitrogens is 3. The van der Waals surface area contributed by atoms with Gasteiger partial charge in [0.1, 0.15) is 46.2 Å². The van der Waals surface area contributed by atoms with E-state index in [1.165, 1.54) is 0 Å². The Hall–Kier alpha value is -2.37. The van der Waals surface area contributed by atoms with Crippen molar-refractivity contribution in [1.82, 2.24) is 24.8 Å². The van der Waals surface area contributed by atoms with Gasteiger partial charge in [-0.05, 0) is 53.5 Å². The number of alkyl halides is 1. The van der Waals surface area contributed by atoms with E-state index >= 15 is 0 Å². The molecule has 13 heteroatoms. The standard InChI is InChI=1S/C28H37Cl2FN6O4/c1-6-17-12-37-18(13-36(17)26(38)41-27(3,4)5)15(2)40-24-19-21(20(29)22(30)33-24)32-25(34-23(19)37)39-14-28-8-7-9-35(28)11-16(31)10-28/h15-18H,6-14H2,1-5H3/t15-,16+,17+,18-,28-/m0/s1. The van der Waals surface area contributed by atoms with E-state index in [9.17, 15) is 9.18 Å². The van der Waals surface area contributed by atoms with Crippen LogP contribution in [-0.4, -0.2) is 99.1 Å². The van der Waals surface area contributed by atoms with E-state index in [1.807, 2.05) is 34.6 Å². The second kappa shape index (κ2) is 10.4. The maximum absolute atomic E-state index is 14.4. The molecule has 0 bridgehead atoms. The maximum atomic E-state index is 14.4. The lowest BCUT2D eigenvalue weighted by molar-refractivity contribution is 0.00498. The summed E-state index contributed by atoms with van der Waals surface area (Å²) in [6.45, 7) is 12.0. The fourth-order valence-corrected chi connectivity index (χ4v) is 7.13. The van der Waals surface area contributed by atoms with Crippen LogP contribution in [0.5, 0.6) is 11.9 Å². The lowest BCUT2D eigenvalue weighted by Crippen LogP contribution is -2.63. The average molecular weight is 612 g/mol. The Bertz CT molecular complexity index is 1360. The van der Waals surface area contributed by atoms with Crippen molar-refractivity contribution in [3.05, 3.63) is 10.2 Å². The first kappa shape index (κ1) is 28.7. The summed E-state index contributed by atoms with van der Waals surface area (Å²) in [6, 6.07) is -0.262. The number of nitrogens with zero attached hydrogens (tertiary/aromatic N) is 6. The molecule has 0 spiro atoms. The number of hydrogen-bond acceptors (Lipinski definition) is 9. The molecular weight excluding hydrogens is 574 g/mol. The van der Waals surface area contributed by atoms with E-state index in [0.717, 1.165) is 19.4 Å². The average Bonchev–Trinajstić information content (AvgIpc) is 3.40. The van der Waals surface area contributed by atoms with Crippen LogP contribution in [0, 0.1) is 0 Å². The highest BCUT2D eigenvalue weighted by atomic mass is 35.5. The zero-order valence-electron chi connectivity index (χ0n) is 24.1. The Balaban J connectivity index is 1.39. The molecule has 2 aromatic heterocycles. The van der Waals surface area contributed by atoms with Crippen LogP contribution in [0.2, 0.25) is 10.2 Å². The molecule has 5 atom stereocenters.